The predicted molar refractivity (Wildman–Crippen MR) is 122 cm³/mol. The van der Waals surface area contributed by atoms with Crippen LogP contribution in [-0.4, -0.2) is 46.5 Å². The number of benzene rings is 2. The molecule has 0 atom stereocenters. The van der Waals surface area contributed by atoms with Gasteiger partial charge in [0.2, 0.25) is 0 Å². The fourth-order valence-corrected chi connectivity index (χ4v) is 4.05. The Morgan fingerprint density at radius 1 is 0.500 bits per heavy atom. The molecule has 0 amide bonds. The summed E-state index contributed by atoms with van der Waals surface area (Å²) in [6.07, 6.45) is 0. The number of aromatic hydroxyl groups is 2. The number of methoxy groups -OCH3 is 3. The molecule has 0 unspecified atom stereocenters. The first-order chi connectivity index (χ1) is 15.1. The molecular formula is C24H29N3O5. The van der Waals surface area contributed by atoms with Crippen LogP contribution in [-0.2, 0) is 0 Å². The fraction of sp³-hybridized carbons (Fsp3) is 0.375. The van der Waals surface area contributed by atoms with Crippen molar-refractivity contribution < 1.29 is 24.4 Å². The molecule has 32 heavy (non-hydrogen) atoms. The Morgan fingerprint density at radius 3 is 1.19 bits per heavy atom. The van der Waals surface area contributed by atoms with Gasteiger partial charge < -0.3 is 24.4 Å². The van der Waals surface area contributed by atoms with Gasteiger partial charge in [0.1, 0.15) is 23.0 Å². The zero-order chi connectivity index (χ0) is 23.9. The zero-order valence-corrected chi connectivity index (χ0v) is 20.0. The second kappa shape index (κ2) is 8.53. The van der Waals surface area contributed by atoms with E-state index in [0.29, 0.717) is 33.8 Å². The number of ether oxygens (including phenoxy) is 3. The lowest BCUT2D eigenvalue weighted by atomic mass is 9.95. The van der Waals surface area contributed by atoms with Gasteiger partial charge in [-0.3, -0.25) is 0 Å². The van der Waals surface area contributed by atoms with Crippen molar-refractivity contribution >= 4 is 0 Å². The summed E-state index contributed by atoms with van der Waals surface area (Å²) in [4.78, 5) is 13.4. The molecule has 0 aliphatic carbocycles. The third-order valence-corrected chi connectivity index (χ3v) is 6.07. The highest BCUT2D eigenvalue weighted by Gasteiger charge is 2.25. The molecule has 0 fully saturated rings. The third kappa shape index (κ3) is 3.45. The van der Waals surface area contributed by atoms with E-state index in [-0.39, 0.29) is 29.2 Å². The van der Waals surface area contributed by atoms with Crippen LogP contribution in [0.1, 0.15) is 33.4 Å². The maximum Gasteiger partial charge on any atom is 0.320 e. The highest BCUT2D eigenvalue weighted by Crippen LogP contribution is 2.44. The van der Waals surface area contributed by atoms with Crippen molar-refractivity contribution in [3.8, 4) is 51.8 Å². The van der Waals surface area contributed by atoms with Crippen LogP contribution in [0.15, 0.2) is 0 Å². The molecule has 0 aliphatic heterocycles. The fourth-order valence-electron chi connectivity index (χ4n) is 4.05. The van der Waals surface area contributed by atoms with Crippen LogP contribution in [0.25, 0.3) is 22.8 Å². The quantitative estimate of drug-likeness (QED) is 0.599. The normalized spacial score (nSPS) is 10.9. The molecule has 2 aromatic carbocycles. The van der Waals surface area contributed by atoms with E-state index in [4.69, 9.17) is 14.2 Å². The molecule has 0 spiro atoms. The van der Waals surface area contributed by atoms with E-state index in [1.54, 1.807) is 28.1 Å². The monoisotopic (exact) mass is 439 g/mol. The molecule has 8 nitrogen and oxygen atoms in total. The predicted octanol–water partition coefficient (Wildman–Crippen LogP) is 4.49. The minimum absolute atomic E-state index is 0.0205. The summed E-state index contributed by atoms with van der Waals surface area (Å²) in [6, 6.07) is 0.0693. The number of phenolic OH excluding ortho intramolecular Hbond substituents is 2. The van der Waals surface area contributed by atoms with E-state index < -0.39 is 0 Å². The lowest BCUT2D eigenvalue weighted by Gasteiger charge is -2.19. The van der Waals surface area contributed by atoms with Crippen molar-refractivity contribution in [1.29, 1.82) is 0 Å². The zero-order valence-electron chi connectivity index (χ0n) is 20.0. The van der Waals surface area contributed by atoms with Gasteiger partial charge in [-0.2, -0.15) is 9.97 Å². The Kier molecular flexibility index (Phi) is 6.16. The number of hydrogen-bond acceptors (Lipinski definition) is 8. The Labute approximate surface area is 187 Å². The lowest BCUT2D eigenvalue weighted by molar-refractivity contribution is 0.379. The van der Waals surface area contributed by atoms with Crippen LogP contribution in [0, 0.1) is 41.5 Å². The number of hydrogen-bond donors (Lipinski definition) is 2. The topological polar surface area (TPSA) is 107 Å². The van der Waals surface area contributed by atoms with Crippen LogP contribution in [0.3, 0.4) is 0 Å². The summed E-state index contributed by atoms with van der Waals surface area (Å²) in [5, 5.41) is 21.9. The van der Waals surface area contributed by atoms with Crippen molar-refractivity contribution in [1.82, 2.24) is 15.0 Å². The minimum atomic E-state index is 0.0205. The summed E-state index contributed by atoms with van der Waals surface area (Å²) < 4.78 is 16.3. The van der Waals surface area contributed by atoms with Crippen molar-refractivity contribution in [2.24, 2.45) is 0 Å². The van der Waals surface area contributed by atoms with Crippen molar-refractivity contribution in [2.75, 3.05) is 21.3 Å². The van der Waals surface area contributed by atoms with Crippen LogP contribution >= 0.6 is 0 Å². The van der Waals surface area contributed by atoms with Crippen molar-refractivity contribution in [2.45, 2.75) is 41.5 Å². The van der Waals surface area contributed by atoms with Gasteiger partial charge in [0.25, 0.3) is 0 Å². The molecule has 2 N–H and O–H groups in total. The SMILES string of the molecule is COc1nc(-c2c(C)c(C)c(OC)c(C)c2O)nc(-c2c(C)c(C)c(OC)c(C)c2O)n1. The van der Waals surface area contributed by atoms with Gasteiger partial charge in [-0.1, -0.05) is 0 Å². The van der Waals surface area contributed by atoms with E-state index in [2.05, 4.69) is 15.0 Å². The highest BCUT2D eigenvalue weighted by molar-refractivity contribution is 5.79. The molecule has 0 radical (unpaired) electrons. The van der Waals surface area contributed by atoms with Gasteiger partial charge in [-0.25, -0.2) is 4.98 Å². The van der Waals surface area contributed by atoms with Gasteiger partial charge in [0.15, 0.2) is 11.6 Å². The largest absolute Gasteiger partial charge is 0.507 e. The summed E-state index contributed by atoms with van der Waals surface area (Å²) in [5.41, 5.74) is 5.37. The van der Waals surface area contributed by atoms with E-state index in [0.717, 1.165) is 22.3 Å². The maximum atomic E-state index is 11.0. The number of phenols is 2. The van der Waals surface area contributed by atoms with Crippen LogP contribution < -0.4 is 14.2 Å². The molecular weight excluding hydrogens is 410 g/mol. The van der Waals surface area contributed by atoms with E-state index in [9.17, 15) is 10.2 Å². The Hall–Kier alpha value is -3.55. The molecule has 1 aromatic heterocycles. The first-order valence-electron chi connectivity index (χ1n) is 10.1. The van der Waals surface area contributed by atoms with E-state index >= 15 is 0 Å². The number of rotatable bonds is 5. The molecule has 0 saturated carbocycles. The number of nitrogens with zero attached hydrogens (tertiary/aromatic N) is 3. The van der Waals surface area contributed by atoms with Crippen molar-refractivity contribution in [3.63, 3.8) is 0 Å². The van der Waals surface area contributed by atoms with E-state index in [1.807, 2.05) is 27.7 Å². The van der Waals surface area contributed by atoms with Crippen LogP contribution in [0.5, 0.6) is 29.0 Å². The van der Waals surface area contributed by atoms with Gasteiger partial charge in [0, 0.05) is 11.1 Å². The molecule has 170 valence electrons. The maximum absolute atomic E-state index is 11.0. The highest BCUT2D eigenvalue weighted by atomic mass is 16.5. The molecule has 0 bridgehead atoms. The average molecular weight is 440 g/mol. The summed E-state index contributed by atoms with van der Waals surface area (Å²) in [5.74, 6) is 1.74. The van der Waals surface area contributed by atoms with E-state index in [1.165, 1.54) is 7.11 Å². The Bertz CT molecular complexity index is 1070. The molecule has 8 heteroatoms. The Morgan fingerprint density at radius 2 is 0.875 bits per heavy atom. The molecule has 3 aromatic rings. The minimum Gasteiger partial charge on any atom is -0.507 e. The second-order valence-electron chi connectivity index (χ2n) is 7.73. The average Bonchev–Trinajstić information content (AvgIpc) is 2.77. The molecule has 1 heterocycles. The van der Waals surface area contributed by atoms with Crippen molar-refractivity contribution in [3.05, 3.63) is 33.4 Å². The number of aromatic nitrogens is 3. The first kappa shape index (κ1) is 23.1. The smallest absolute Gasteiger partial charge is 0.320 e. The molecule has 0 aliphatic rings. The summed E-state index contributed by atoms with van der Waals surface area (Å²) in [7, 11) is 4.59. The summed E-state index contributed by atoms with van der Waals surface area (Å²) >= 11 is 0. The lowest BCUT2D eigenvalue weighted by Crippen LogP contribution is -2.06. The van der Waals surface area contributed by atoms with Crippen LogP contribution in [0.2, 0.25) is 0 Å². The second-order valence-corrected chi connectivity index (χ2v) is 7.73. The van der Waals surface area contributed by atoms with Gasteiger partial charge in [0.05, 0.1) is 32.5 Å². The summed E-state index contributed by atoms with van der Waals surface area (Å²) in [6.45, 7) is 11.1. The Balaban J connectivity index is 2.38. The molecule has 0 saturated heterocycles. The van der Waals surface area contributed by atoms with Gasteiger partial charge in [-0.05, 0) is 63.8 Å². The van der Waals surface area contributed by atoms with Crippen LogP contribution in [0.4, 0.5) is 0 Å². The third-order valence-electron chi connectivity index (χ3n) is 6.07. The molecule has 3 rings (SSSR count). The van der Waals surface area contributed by atoms with Gasteiger partial charge in [-0.15, -0.1) is 0 Å². The van der Waals surface area contributed by atoms with Gasteiger partial charge >= 0.3 is 6.01 Å². The first-order valence-corrected chi connectivity index (χ1v) is 10.1. The standard InChI is InChI=1S/C24H29N3O5/c1-10-12(3)20(30-7)14(5)18(28)16(10)22-25-23(27-24(26-22)32-9)17-11(2)13(4)21(31-8)15(6)19(17)29/h28-29H,1-9H3.